The molecule has 0 radical (unpaired) electrons. The van der Waals surface area contributed by atoms with Gasteiger partial charge in [0.05, 0.1) is 12.7 Å². The van der Waals surface area contributed by atoms with Gasteiger partial charge < -0.3 is 19.5 Å². The Bertz CT molecular complexity index is 845. The lowest BCUT2D eigenvalue weighted by Gasteiger charge is -2.33. The quantitative estimate of drug-likeness (QED) is 0.806. The van der Waals surface area contributed by atoms with Crippen LogP contribution in [0.25, 0.3) is 0 Å². The molecule has 1 aromatic carbocycles. The number of nitrogens with one attached hydrogen (secondary N) is 1. The molecule has 2 aromatic rings. The van der Waals surface area contributed by atoms with Gasteiger partial charge >= 0.3 is 6.03 Å². The second-order valence-electron chi connectivity index (χ2n) is 8.49. The van der Waals surface area contributed by atoms with E-state index in [0.717, 1.165) is 50.1 Å². The molecule has 29 heavy (non-hydrogen) atoms. The molecule has 6 nitrogen and oxygen atoms in total. The molecule has 0 aliphatic carbocycles. The van der Waals surface area contributed by atoms with Crippen LogP contribution in [0, 0.1) is 0 Å². The first-order chi connectivity index (χ1) is 14.1. The number of hydrogen-bond acceptors (Lipinski definition) is 3. The van der Waals surface area contributed by atoms with Gasteiger partial charge in [-0.05, 0) is 63.6 Å². The minimum absolute atomic E-state index is 0.0259. The highest BCUT2D eigenvalue weighted by atomic mass is 16.5. The fourth-order valence-electron chi connectivity index (χ4n) is 4.36. The summed E-state index contributed by atoms with van der Waals surface area (Å²) in [7, 11) is 0. The van der Waals surface area contributed by atoms with Gasteiger partial charge in [0.1, 0.15) is 5.82 Å². The molecular weight excluding hydrogens is 364 g/mol. The van der Waals surface area contributed by atoms with Crippen molar-refractivity contribution in [2.24, 2.45) is 0 Å². The predicted molar refractivity (Wildman–Crippen MR) is 114 cm³/mol. The molecule has 0 bridgehead atoms. The Balaban J connectivity index is 1.39. The number of ether oxygens (including phenoxy) is 1. The number of fused-ring (bicyclic) bond motifs is 1. The lowest BCUT2D eigenvalue weighted by Crippen LogP contribution is -2.42. The summed E-state index contributed by atoms with van der Waals surface area (Å²) in [4.78, 5) is 19.6. The standard InChI is InChI=1S/C23H32N4O2/c1-17(2)29-16-18-7-5-9-20(13-18)25-23(28)26-11-6-8-19(15-26)22-24-14-21-10-3-4-12-27(21)22/h5,7,9,13-14,17,19H,3-4,6,8,10-12,15-16H2,1-2H3,(H,25,28). The fraction of sp³-hybridized carbons (Fsp3) is 0.565. The van der Waals surface area contributed by atoms with Gasteiger partial charge in [0.2, 0.25) is 0 Å². The fourth-order valence-corrected chi connectivity index (χ4v) is 4.36. The number of likely N-dealkylation sites (tertiary alicyclic amines) is 1. The summed E-state index contributed by atoms with van der Waals surface area (Å²) in [6, 6.07) is 7.89. The van der Waals surface area contributed by atoms with Crippen molar-refractivity contribution in [3.63, 3.8) is 0 Å². The highest BCUT2D eigenvalue weighted by Crippen LogP contribution is 2.29. The number of aromatic nitrogens is 2. The number of aryl methyl sites for hydroxylation is 1. The molecule has 2 aliphatic heterocycles. The van der Waals surface area contributed by atoms with Gasteiger partial charge in [-0.15, -0.1) is 0 Å². The maximum Gasteiger partial charge on any atom is 0.321 e. The SMILES string of the molecule is CC(C)OCc1cccc(NC(=O)N2CCCC(c3ncc4n3CCCC4)C2)c1. The van der Waals surface area contributed by atoms with E-state index >= 15 is 0 Å². The minimum atomic E-state index is -0.0259. The van der Waals surface area contributed by atoms with E-state index < -0.39 is 0 Å². The summed E-state index contributed by atoms with van der Waals surface area (Å²) in [5, 5.41) is 3.07. The molecule has 156 valence electrons. The van der Waals surface area contributed by atoms with Crippen molar-refractivity contribution in [2.75, 3.05) is 18.4 Å². The summed E-state index contributed by atoms with van der Waals surface area (Å²) >= 11 is 0. The number of carbonyl (C=O) groups is 1. The van der Waals surface area contributed by atoms with E-state index in [9.17, 15) is 4.79 Å². The van der Waals surface area contributed by atoms with Gasteiger partial charge in [0, 0.05) is 43.1 Å². The van der Waals surface area contributed by atoms with Crippen LogP contribution in [-0.2, 0) is 24.3 Å². The summed E-state index contributed by atoms with van der Waals surface area (Å²) in [6.07, 6.45) is 7.95. The molecule has 2 aliphatic rings. The van der Waals surface area contributed by atoms with Crippen molar-refractivity contribution in [1.82, 2.24) is 14.5 Å². The summed E-state index contributed by atoms with van der Waals surface area (Å²) in [5.74, 6) is 1.50. The molecule has 3 heterocycles. The molecule has 0 saturated carbocycles. The van der Waals surface area contributed by atoms with Crippen LogP contribution in [0.4, 0.5) is 10.5 Å². The molecule has 2 amide bonds. The minimum Gasteiger partial charge on any atom is -0.374 e. The lowest BCUT2D eigenvalue weighted by atomic mass is 9.97. The number of urea groups is 1. The van der Waals surface area contributed by atoms with Crippen LogP contribution in [0.2, 0.25) is 0 Å². The topological polar surface area (TPSA) is 59.4 Å². The van der Waals surface area contributed by atoms with E-state index in [-0.39, 0.29) is 12.1 Å². The zero-order chi connectivity index (χ0) is 20.2. The smallest absolute Gasteiger partial charge is 0.321 e. The molecule has 1 saturated heterocycles. The number of nitrogens with zero attached hydrogens (tertiary/aromatic N) is 3. The zero-order valence-corrected chi connectivity index (χ0v) is 17.6. The molecule has 4 rings (SSSR count). The van der Waals surface area contributed by atoms with Crippen LogP contribution in [0.3, 0.4) is 0 Å². The normalized spacial score (nSPS) is 19.3. The predicted octanol–water partition coefficient (Wildman–Crippen LogP) is 4.56. The number of piperidine rings is 1. The zero-order valence-electron chi connectivity index (χ0n) is 17.6. The third-order valence-corrected chi connectivity index (χ3v) is 5.87. The summed E-state index contributed by atoms with van der Waals surface area (Å²) in [5.41, 5.74) is 3.24. The number of benzene rings is 1. The van der Waals surface area contributed by atoms with Crippen LogP contribution in [0.1, 0.15) is 62.5 Å². The van der Waals surface area contributed by atoms with Crippen molar-refractivity contribution >= 4 is 11.7 Å². The number of carbonyl (C=O) groups excluding carboxylic acids is 1. The first-order valence-electron chi connectivity index (χ1n) is 10.9. The highest BCUT2D eigenvalue weighted by molar-refractivity contribution is 5.89. The largest absolute Gasteiger partial charge is 0.374 e. The van der Waals surface area contributed by atoms with Crippen LogP contribution < -0.4 is 5.32 Å². The molecule has 1 N–H and O–H groups in total. The maximum absolute atomic E-state index is 12.9. The third-order valence-electron chi connectivity index (χ3n) is 5.87. The molecule has 1 fully saturated rings. The Labute approximate surface area is 173 Å². The Morgan fingerprint density at radius 3 is 3.03 bits per heavy atom. The van der Waals surface area contributed by atoms with Gasteiger partial charge in [-0.2, -0.15) is 0 Å². The second-order valence-corrected chi connectivity index (χ2v) is 8.49. The Morgan fingerprint density at radius 1 is 1.28 bits per heavy atom. The Kier molecular flexibility index (Phi) is 6.19. The van der Waals surface area contributed by atoms with Gasteiger partial charge in [0.15, 0.2) is 0 Å². The number of amides is 2. The average Bonchev–Trinajstić information content (AvgIpc) is 3.17. The van der Waals surface area contributed by atoms with E-state index in [1.165, 1.54) is 24.4 Å². The highest BCUT2D eigenvalue weighted by Gasteiger charge is 2.29. The Hall–Kier alpha value is -2.34. The number of hydrogen-bond donors (Lipinski definition) is 1. The summed E-state index contributed by atoms with van der Waals surface area (Å²) < 4.78 is 8.07. The van der Waals surface area contributed by atoms with Crippen molar-refractivity contribution < 1.29 is 9.53 Å². The first-order valence-corrected chi connectivity index (χ1v) is 10.9. The summed E-state index contributed by atoms with van der Waals surface area (Å²) in [6.45, 7) is 7.20. The molecule has 1 aromatic heterocycles. The van der Waals surface area contributed by atoms with Crippen LogP contribution in [0.15, 0.2) is 30.5 Å². The van der Waals surface area contributed by atoms with Crippen molar-refractivity contribution in [2.45, 2.75) is 71.1 Å². The van der Waals surface area contributed by atoms with Crippen LogP contribution in [-0.4, -0.2) is 39.7 Å². The molecular formula is C23H32N4O2. The van der Waals surface area contributed by atoms with Gasteiger partial charge in [-0.25, -0.2) is 9.78 Å². The number of imidazole rings is 1. The molecule has 6 heteroatoms. The van der Waals surface area contributed by atoms with E-state index in [1.807, 2.05) is 49.2 Å². The van der Waals surface area contributed by atoms with E-state index in [0.29, 0.717) is 12.5 Å². The molecule has 0 spiro atoms. The lowest BCUT2D eigenvalue weighted by molar-refractivity contribution is 0.0657. The van der Waals surface area contributed by atoms with E-state index in [4.69, 9.17) is 9.72 Å². The average molecular weight is 397 g/mol. The van der Waals surface area contributed by atoms with Crippen molar-refractivity contribution in [3.8, 4) is 0 Å². The second kappa shape index (κ2) is 8.99. The number of rotatable bonds is 5. The first kappa shape index (κ1) is 20.0. The third kappa shape index (κ3) is 4.81. The van der Waals surface area contributed by atoms with Gasteiger partial charge in [-0.1, -0.05) is 12.1 Å². The van der Waals surface area contributed by atoms with Crippen molar-refractivity contribution in [3.05, 3.63) is 47.5 Å². The van der Waals surface area contributed by atoms with E-state index in [2.05, 4.69) is 9.88 Å². The Morgan fingerprint density at radius 2 is 2.17 bits per heavy atom. The molecule has 1 atom stereocenters. The van der Waals surface area contributed by atoms with E-state index in [1.54, 1.807) is 0 Å². The van der Waals surface area contributed by atoms with Crippen LogP contribution >= 0.6 is 0 Å². The van der Waals surface area contributed by atoms with Gasteiger partial charge in [-0.3, -0.25) is 0 Å². The van der Waals surface area contributed by atoms with Crippen LogP contribution in [0.5, 0.6) is 0 Å². The maximum atomic E-state index is 12.9. The molecule has 1 unspecified atom stereocenters. The monoisotopic (exact) mass is 396 g/mol. The van der Waals surface area contributed by atoms with Crippen molar-refractivity contribution in [1.29, 1.82) is 0 Å². The number of anilines is 1. The van der Waals surface area contributed by atoms with Gasteiger partial charge in [0.25, 0.3) is 0 Å².